The smallest absolute Gasteiger partial charge is 0.261 e. The molecule has 0 radical (unpaired) electrons. The van der Waals surface area contributed by atoms with Gasteiger partial charge in [0.05, 0.1) is 25.1 Å². The van der Waals surface area contributed by atoms with Crippen molar-refractivity contribution in [2.24, 2.45) is 0 Å². The summed E-state index contributed by atoms with van der Waals surface area (Å²) in [5.41, 5.74) is 3.24. The molecule has 6 nitrogen and oxygen atoms in total. The first-order valence-electron chi connectivity index (χ1n) is 16.1. The van der Waals surface area contributed by atoms with E-state index in [1.165, 1.54) is 0 Å². The first kappa shape index (κ1) is 36.0. The van der Waals surface area contributed by atoms with Gasteiger partial charge in [-0.3, -0.25) is 0 Å². The average molecular weight is 748 g/mol. The van der Waals surface area contributed by atoms with Crippen LogP contribution in [0.5, 0.6) is 5.75 Å². The Hall–Kier alpha value is -3.31. The van der Waals surface area contributed by atoms with E-state index in [1.807, 2.05) is 78.9 Å². The van der Waals surface area contributed by atoms with Gasteiger partial charge < -0.3 is 19.7 Å². The highest BCUT2D eigenvalue weighted by Gasteiger charge is 2.51. The lowest BCUT2D eigenvalue weighted by Crippen LogP contribution is -2.66. The van der Waals surface area contributed by atoms with Gasteiger partial charge in [0.2, 0.25) is 0 Å². The van der Waals surface area contributed by atoms with Gasteiger partial charge in [-0.25, -0.2) is 8.42 Å². The molecule has 0 saturated heterocycles. The number of phenols is 1. The fourth-order valence-corrected chi connectivity index (χ4v) is 13.6. The highest BCUT2D eigenvalue weighted by molar-refractivity contribution is 9.10. The third-order valence-corrected chi connectivity index (χ3v) is 16.6. The molecule has 5 rings (SSSR count). The van der Waals surface area contributed by atoms with Crippen molar-refractivity contribution in [1.29, 1.82) is 0 Å². The Morgan fingerprint density at radius 2 is 1.50 bits per heavy atom. The van der Waals surface area contributed by atoms with Crippen molar-refractivity contribution in [3.8, 4) is 5.75 Å². The van der Waals surface area contributed by atoms with Crippen LogP contribution < -0.4 is 10.4 Å². The first-order valence-corrected chi connectivity index (χ1v) is 20.5. The van der Waals surface area contributed by atoms with Crippen molar-refractivity contribution in [2.45, 2.75) is 50.0 Å². The second kappa shape index (κ2) is 15.1. The Morgan fingerprint density at radius 3 is 2.04 bits per heavy atom. The summed E-state index contributed by atoms with van der Waals surface area (Å²) in [5, 5.41) is 33.3. The number of hydrogen-bond donors (Lipinski definition) is 3. The number of hydrogen-bond acceptors (Lipinski definition) is 6. The van der Waals surface area contributed by atoms with E-state index < -0.39 is 36.1 Å². The molecular weight excluding hydrogens is 704 g/mol. The second-order valence-electron chi connectivity index (χ2n) is 13.3. The molecule has 0 unspecified atom stereocenters. The van der Waals surface area contributed by atoms with Crippen LogP contribution in [0.25, 0.3) is 11.6 Å². The van der Waals surface area contributed by atoms with Crippen LogP contribution in [0, 0.1) is 0 Å². The monoisotopic (exact) mass is 746 g/mol. The van der Waals surface area contributed by atoms with E-state index in [0.717, 1.165) is 26.0 Å². The number of allylic oxidation sites excluding steroid dienone is 1. The first-order chi connectivity index (χ1) is 22.9. The molecule has 0 aromatic heterocycles. The number of aliphatic hydroxyl groups is 2. The summed E-state index contributed by atoms with van der Waals surface area (Å²) in [6, 6.07) is 35.2. The van der Waals surface area contributed by atoms with E-state index in [0.29, 0.717) is 23.1 Å². The van der Waals surface area contributed by atoms with Gasteiger partial charge in [0, 0.05) is 10.0 Å². The topological polar surface area (TPSA) is 104 Å². The fourth-order valence-electron chi connectivity index (χ4n) is 6.82. The minimum absolute atomic E-state index is 0.0166. The van der Waals surface area contributed by atoms with Gasteiger partial charge >= 0.3 is 0 Å². The maximum Gasteiger partial charge on any atom is 0.261 e. The number of phenolic OH excluding ortho intramolecular Hbond substituents is 1. The summed E-state index contributed by atoms with van der Waals surface area (Å²) in [5.74, 6) is -0.157. The van der Waals surface area contributed by atoms with Crippen LogP contribution >= 0.6 is 15.9 Å². The number of sulfone groups is 1. The molecule has 2 atom stereocenters. The molecule has 0 amide bonds. The SMILES string of the molecule is CC(C)(C)[Si](OCC1=C([C@H](O)CC/C(=C/c2cc(Br)ccc2O)c2ccccc2)[C@H](CO)S(=O)(=O)C1)(c1ccccc1)c1ccccc1. The summed E-state index contributed by atoms with van der Waals surface area (Å²) >= 11 is 3.48. The lowest BCUT2D eigenvalue weighted by Gasteiger charge is -2.43. The Balaban J connectivity index is 1.52. The number of aromatic hydroxyl groups is 1. The van der Waals surface area contributed by atoms with Crippen molar-refractivity contribution in [3.63, 3.8) is 0 Å². The van der Waals surface area contributed by atoms with E-state index in [2.05, 4.69) is 61.0 Å². The number of rotatable bonds is 12. The van der Waals surface area contributed by atoms with Crippen molar-refractivity contribution in [3.05, 3.63) is 136 Å². The minimum Gasteiger partial charge on any atom is -0.507 e. The normalized spacial score (nSPS) is 17.5. The van der Waals surface area contributed by atoms with Crippen molar-refractivity contribution in [1.82, 2.24) is 0 Å². The van der Waals surface area contributed by atoms with Crippen LogP contribution in [0.15, 0.2) is 125 Å². The molecule has 48 heavy (non-hydrogen) atoms. The summed E-state index contributed by atoms with van der Waals surface area (Å²) in [7, 11) is -6.77. The van der Waals surface area contributed by atoms with Crippen LogP contribution in [0.1, 0.15) is 44.7 Å². The van der Waals surface area contributed by atoms with Crippen molar-refractivity contribution < 1.29 is 28.2 Å². The van der Waals surface area contributed by atoms with Gasteiger partial charge in [0.15, 0.2) is 9.84 Å². The molecule has 9 heteroatoms. The summed E-state index contributed by atoms with van der Waals surface area (Å²) in [6.07, 6.45) is 1.35. The lowest BCUT2D eigenvalue weighted by molar-refractivity contribution is 0.188. The minimum atomic E-state index is -3.76. The molecule has 4 aromatic carbocycles. The maximum absolute atomic E-state index is 13.4. The number of benzene rings is 4. The quantitative estimate of drug-likeness (QED) is 0.0870. The Kier molecular flexibility index (Phi) is 11.3. The standard InChI is InChI=1S/C39H43BrO6SSi/c1-39(2,3)48(33-15-9-5-10-16-33,34-17-11-6-12-18-34)46-26-31-27-47(44,45)37(25-41)38(31)36(43)21-19-29(28-13-7-4-8-14-28)23-30-24-32(40)20-22-35(30)42/h4-18,20,22-24,36-37,41-43H,19,21,25-27H2,1-3H3/b29-23-/t36-,37+/m1/s1. The zero-order valence-electron chi connectivity index (χ0n) is 27.5. The fraction of sp³-hybridized carbons (Fsp3) is 0.282. The van der Waals surface area contributed by atoms with E-state index in [4.69, 9.17) is 4.43 Å². The summed E-state index contributed by atoms with van der Waals surface area (Å²) in [4.78, 5) is 0. The van der Waals surface area contributed by atoms with Crippen LogP contribution in [0.4, 0.5) is 0 Å². The van der Waals surface area contributed by atoms with Gasteiger partial charge in [0.25, 0.3) is 8.32 Å². The number of halogens is 1. The predicted molar refractivity (Wildman–Crippen MR) is 201 cm³/mol. The Labute approximate surface area is 293 Å². The van der Waals surface area contributed by atoms with Crippen LogP contribution in [0.2, 0.25) is 5.04 Å². The molecule has 1 aliphatic heterocycles. The van der Waals surface area contributed by atoms with Crippen LogP contribution in [-0.2, 0) is 14.3 Å². The van der Waals surface area contributed by atoms with Gasteiger partial charge in [-0.15, -0.1) is 0 Å². The van der Waals surface area contributed by atoms with Gasteiger partial charge in [-0.1, -0.05) is 128 Å². The Morgan fingerprint density at radius 1 is 0.938 bits per heavy atom. The van der Waals surface area contributed by atoms with E-state index in [-0.39, 0.29) is 29.6 Å². The zero-order chi connectivity index (χ0) is 34.5. The molecule has 3 N–H and O–H groups in total. The van der Waals surface area contributed by atoms with Crippen LogP contribution in [-0.4, -0.2) is 62.4 Å². The third-order valence-electron chi connectivity index (χ3n) is 9.12. The third kappa shape index (κ3) is 7.62. The number of aliphatic hydroxyl groups excluding tert-OH is 2. The molecule has 0 aliphatic carbocycles. The van der Waals surface area contributed by atoms with Crippen molar-refractivity contribution in [2.75, 3.05) is 19.0 Å². The molecule has 4 aromatic rings. The highest BCUT2D eigenvalue weighted by Crippen LogP contribution is 2.39. The maximum atomic E-state index is 13.4. The van der Waals surface area contributed by atoms with Gasteiger partial charge in [0.1, 0.15) is 11.0 Å². The molecule has 1 aliphatic rings. The van der Waals surface area contributed by atoms with Crippen LogP contribution in [0.3, 0.4) is 0 Å². The van der Waals surface area contributed by atoms with E-state index in [9.17, 15) is 23.7 Å². The van der Waals surface area contributed by atoms with Gasteiger partial charge in [-0.05, 0) is 74.8 Å². The summed E-state index contributed by atoms with van der Waals surface area (Å²) in [6.45, 7) is 5.87. The second-order valence-corrected chi connectivity index (χ2v) is 20.7. The average Bonchev–Trinajstić information content (AvgIpc) is 3.34. The van der Waals surface area contributed by atoms with E-state index in [1.54, 1.807) is 12.1 Å². The van der Waals surface area contributed by atoms with Crippen molar-refractivity contribution >= 4 is 56.1 Å². The zero-order valence-corrected chi connectivity index (χ0v) is 30.9. The lowest BCUT2D eigenvalue weighted by atomic mass is 9.92. The summed E-state index contributed by atoms with van der Waals surface area (Å²) < 4.78 is 34.8. The van der Waals surface area contributed by atoms with Gasteiger partial charge in [-0.2, -0.15) is 0 Å². The Bertz CT molecular complexity index is 1830. The predicted octanol–water partition coefficient (Wildman–Crippen LogP) is 6.50. The molecule has 1 heterocycles. The molecule has 0 fully saturated rings. The largest absolute Gasteiger partial charge is 0.507 e. The highest BCUT2D eigenvalue weighted by atomic mass is 79.9. The molecule has 0 spiro atoms. The van der Waals surface area contributed by atoms with E-state index >= 15 is 0 Å². The molecular formula is C39H43BrO6SSi. The molecule has 0 bridgehead atoms. The molecule has 0 saturated carbocycles. The molecule has 252 valence electrons.